The molecular formula is C27H31N5O5S. The van der Waals surface area contributed by atoms with Gasteiger partial charge in [-0.15, -0.1) is 0 Å². The zero-order chi connectivity index (χ0) is 27.5. The van der Waals surface area contributed by atoms with Crippen LogP contribution in [0.4, 0.5) is 17.3 Å². The first-order chi connectivity index (χ1) is 18.4. The number of allylic oxidation sites excluding steroid dienone is 3. The summed E-state index contributed by atoms with van der Waals surface area (Å²) in [5.41, 5.74) is 2.31. The van der Waals surface area contributed by atoms with Gasteiger partial charge in [-0.25, -0.2) is 14.2 Å². The minimum atomic E-state index is -1.76. The fraction of sp³-hybridized carbons (Fsp3) is 0.222. The van der Waals surface area contributed by atoms with E-state index in [2.05, 4.69) is 26.9 Å². The van der Waals surface area contributed by atoms with Gasteiger partial charge in [0.2, 0.25) is 5.91 Å². The SMILES string of the molecule is C=C/C(=C\C(=C/C)S(=O)Nc1nc2ccccc2nc1Nc1cc(OC)cc(OC)c1)NC(=O)CCOC. The topological polar surface area (TPSA) is 124 Å². The first kappa shape index (κ1) is 28.4. The van der Waals surface area contributed by atoms with E-state index in [-0.39, 0.29) is 24.8 Å². The van der Waals surface area contributed by atoms with E-state index in [0.717, 1.165) is 0 Å². The normalized spacial score (nSPS) is 12.5. The van der Waals surface area contributed by atoms with Crippen molar-refractivity contribution in [2.24, 2.45) is 0 Å². The summed E-state index contributed by atoms with van der Waals surface area (Å²) in [5, 5.41) is 5.96. The molecule has 0 saturated carbocycles. The molecule has 1 atom stereocenters. The quantitative estimate of drug-likeness (QED) is 0.271. The Labute approximate surface area is 224 Å². The van der Waals surface area contributed by atoms with Gasteiger partial charge in [0.15, 0.2) is 22.6 Å². The highest BCUT2D eigenvalue weighted by Crippen LogP contribution is 2.31. The van der Waals surface area contributed by atoms with Crippen molar-refractivity contribution in [3.05, 3.63) is 77.9 Å². The molecule has 200 valence electrons. The van der Waals surface area contributed by atoms with Gasteiger partial charge in [-0.3, -0.25) is 9.52 Å². The highest BCUT2D eigenvalue weighted by atomic mass is 32.2. The Balaban J connectivity index is 1.93. The van der Waals surface area contributed by atoms with Gasteiger partial charge in [0.25, 0.3) is 0 Å². The number of ether oxygens (including phenoxy) is 3. The number of fused-ring (bicyclic) bond motifs is 1. The molecular weight excluding hydrogens is 506 g/mol. The molecule has 3 N–H and O–H groups in total. The Hall–Kier alpha value is -4.22. The van der Waals surface area contributed by atoms with Gasteiger partial charge in [-0.05, 0) is 31.2 Å². The third-order valence-electron chi connectivity index (χ3n) is 5.21. The van der Waals surface area contributed by atoms with Gasteiger partial charge >= 0.3 is 0 Å². The average Bonchev–Trinajstić information content (AvgIpc) is 2.93. The van der Waals surface area contributed by atoms with Crippen molar-refractivity contribution in [3.63, 3.8) is 0 Å². The summed E-state index contributed by atoms with van der Waals surface area (Å²) in [7, 11) is 2.89. The highest BCUT2D eigenvalue weighted by Gasteiger charge is 2.15. The van der Waals surface area contributed by atoms with E-state index in [1.165, 1.54) is 13.2 Å². The number of aromatic nitrogens is 2. The molecule has 0 fully saturated rings. The molecule has 0 aliphatic heterocycles. The van der Waals surface area contributed by atoms with Crippen molar-refractivity contribution in [2.45, 2.75) is 13.3 Å². The lowest BCUT2D eigenvalue weighted by Gasteiger charge is -2.15. The second kappa shape index (κ2) is 13.9. The minimum Gasteiger partial charge on any atom is -0.497 e. The molecule has 3 rings (SSSR count). The molecule has 1 heterocycles. The predicted octanol–water partition coefficient (Wildman–Crippen LogP) is 4.59. The van der Waals surface area contributed by atoms with Crippen LogP contribution in [0.15, 0.2) is 77.9 Å². The molecule has 0 aliphatic rings. The van der Waals surface area contributed by atoms with Crippen LogP contribution in [0.25, 0.3) is 11.0 Å². The maximum atomic E-state index is 13.4. The smallest absolute Gasteiger partial charge is 0.226 e. The Kier molecular flexibility index (Phi) is 10.4. The number of anilines is 3. The average molecular weight is 538 g/mol. The zero-order valence-electron chi connectivity index (χ0n) is 21.7. The van der Waals surface area contributed by atoms with Gasteiger partial charge in [0.05, 0.1) is 43.2 Å². The number of nitrogens with one attached hydrogen (secondary N) is 3. The van der Waals surface area contributed by atoms with E-state index in [0.29, 0.717) is 44.6 Å². The maximum Gasteiger partial charge on any atom is 0.226 e. The summed E-state index contributed by atoms with van der Waals surface area (Å²) in [6.07, 6.45) is 4.91. The number of para-hydroxylation sites is 2. The van der Waals surface area contributed by atoms with Crippen LogP contribution in [-0.4, -0.2) is 48.0 Å². The van der Waals surface area contributed by atoms with Crippen LogP contribution < -0.4 is 24.8 Å². The van der Waals surface area contributed by atoms with Crippen molar-refractivity contribution >= 4 is 45.2 Å². The summed E-state index contributed by atoms with van der Waals surface area (Å²) in [4.78, 5) is 21.8. The maximum absolute atomic E-state index is 13.4. The molecule has 0 saturated heterocycles. The molecule has 1 aromatic heterocycles. The molecule has 3 aromatic rings. The number of nitrogens with zero attached hydrogens (tertiary/aromatic N) is 2. The highest BCUT2D eigenvalue weighted by molar-refractivity contribution is 7.90. The summed E-state index contributed by atoms with van der Waals surface area (Å²) in [5.74, 6) is 1.55. The lowest BCUT2D eigenvalue weighted by molar-refractivity contribution is -0.121. The summed E-state index contributed by atoms with van der Waals surface area (Å²) >= 11 is 0. The van der Waals surface area contributed by atoms with Crippen LogP contribution in [0.2, 0.25) is 0 Å². The summed E-state index contributed by atoms with van der Waals surface area (Å²) < 4.78 is 32.0. The van der Waals surface area contributed by atoms with E-state index >= 15 is 0 Å². The fourth-order valence-electron chi connectivity index (χ4n) is 3.28. The molecule has 1 amide bonds. The third kappa shape index (κ3) is 7.64. The molecule has 1 unspecified atom stereocenters. The molecule has 38 heavy (non-hydrogen) atoms. The van der Waals surface area contributed by atoms with Crippen LogP contribution >= 0.6 is 0 Å². The van der Waals surface area contributed by atoms with E-state index in [4.69, 9.17) is 19.2 Å². The number of methoxy groups -OCH3 is 3. The number of amides is 1. The van der Waals surface area contributed by atoms with E-state index in [9.17, 15) is 9.00 Å². The van der Waals surface area contributed by atoms with Crippen molar-refractivity contribution < 1.29 is 23.2 Å². The Morgan fingerprint density at radius 2 is 1.66 bits per heavy atom. The monoisotopic (exact) mass is 537 g/mol. The van der Waals surface area contributed by atoms with Gasteiger partial charge in [-0.1, -0.05) is 24.8 Å². The van der Waals surface area contributed by atoms with Crippen LogP contribution in [0.1, 0.15) is 13.3 Å². The molecule has 0 aliphatic carbocycles. The Bertz CT molecular complexity index is 1370. The number of hydrogen-bond donors (Lipinski definition) is 3. The third-order valence-corrected chi connectivity index (χ3v) is 6.37. The molecule has 2 aromatic carbocycles. The van der Waals surface area contributed by atoms with Crippen molar-refractivity contribution in [1.82, 2.24) is 15.3 Å². The van der Waals surface area contributed by atoms with Gasteiger partial charge < -0.3 is 24.8 Å². The van der Waals surface area contributed by atoms with E-state index in [1.54, 1.807) is 51.5 Å². The number of benzene rings is 2. The fourth-order valence-corrected chi connectivity index (χ4v) is 4.17. The lowest BCUT2D eigenvalue weighted by Crippen LogP contribution is -2.23. The van der Waals surface area contributed by atoms with Crippen LogP contribution in [0, 0.1) is 0 Å². The molecule has 11 heteroatoms. The summed E-state index contributed by atoms with van der Waals surface area (Å²) in [6, 6.07) is 12.7. The number of carbonyl (C=O) groups is 1. The molecule has 10 nitrogen and oxygen atoms in total. The largest absolute Gasteiger partial charge is 0.497 e. The summed E-state index contributed by atoms with van der Waals surface area (Å²) in [6.45, 7) is 5.76. The lowest BCUT2D eigenvalue weighted by atomic mass is 10.2. The van der Waals surface area contributed by atoms with Gasteiger partial charge in [0, 0.05) is 36.7 Å². The standard InChI is InChI=1S/C27H31N5O5S/c1-6-18(28-25(33)12-13-35-3)16-22(7-2)38(34)32-27-26(30-23-10-8-9-11-24(23)31-27)29-19-14-20(36-4)17-21(15-19)37-5/h6-11,14-17H,1,12-13H2,2-5H3,(H,28,33)(H,29,30)(H,31,32)/b18-16+,22-7+. The Morgan fingerprint density at radius 1 is 1.03 bits per heavy atom. The first-order valence-electron chi connectivity index (χ1n) is 11.6. The van der Waals surface area contributed by atoms with Crippen molar-refractivity contribution in [2.75, 3.05) is 38.0 Å². The van der Waals surface area contributed by atoms with E-state index < -0.39 is 11.0 Å². The van der Waals surface area contributed by atoms with Crippen LogP contribution in [0.5, 0.6) is 11.5 Å². The van der Waals surface area contributed by atoms with Gasteiger partial charge in [0.1, 0.15) is 11.5 Å². The number of hydrogen-bond acceptors (Lipinski definition) is 8. The zero-order valence-corrected chi connectivity index (χ0v) is 22.6. The Morgan fingerprint density at radius 3 is 2.21 bits per heavy atom. The van der Waals surface area contributed by atoms with Gasteiger partial charge in [-0.2, -0.15) is 0 Å². The molecule has 0 bridgehead atoms. The first-order valence-corrected chi connectivity index (χ1v) is 12.8. The van der Waals surface area contributed by atoms with Crippen molar-refractivity contribution in [3.8, 4) is 11.5 Å². The second-order valence-corrected chi connectivity index (χ2v) is 9.01. The molecule has 0 radical (unpaired) electrons. The van der Waals surface area contributed by atoms with Crippen LogP contribution in [-0.2, 0) is 20.5 Å². The minimum absolute atomic E-state index is 0.185. The number of rotatable bonds is 13. The van der Waals surface area contributed by atoms with Crippen molar-refractivity contribution in [1.29, 1.82) is 0 Å². The number of carbonyl (C=O) groups excluding carboxylic acids is 1. The van der Waals surface area contributed by atoms with Crippen LogP contribution in [0.3, 0.4) is 0 Å². The molecule has 0 spiro atoms. The van der Waals surface area contributed by atoms with E-state index in [1.807, 2.05) is 24.3 Å². The predicted molar refractivity (Wildman–Crippen MR) is 151 cm³/mol. The second-order valence-electron chi connectivity index (χ2n) is 7.79.